The van der Waals surface area contributed by atoms with Gasteiger partial charge in [0.2, 0.25) is 0 Å². The quantitative estimate of drug-likeness (QED) is 0.915. The number of carbonyl (C=O) groups is 1. The Morgan fingerprint density at radius 2 is 2.00 bits per heavy atom. The van der Waals surface area contributed by atoms with Gasteiger partial charge in [-0.1, -0.05) is 30.9 Å². The molecular formula is C15H18ClFO3. The SMILES string of the molecule is COc1c(F)cc(Cl)c(C)c1C1(C(=O)O)CCCCC1. The molecule has 0 aromatic heterocycles. The molecule has 1 fully saturated rings. The van der Waals surface area contributed by atoms with Crippen LogP contribution >= 0.6 is 11.6 Å². The number of hydrogen-bond acceptors (Lipinski definition) is 2. The Balaban J connectivity index is 2.73. The van der Waals surface area contributed by atoms with E-state index in [9.17, 15) is 14.3 Å². The summed E-state index contributed by atoms with van der Waals surface area (Å²) in [6.07, 6.45) is 3.59. The topological polar surface area (TPSA) is 46.5 Å². The van der Waals surface area contributed by atoms with Crippen LogP contribution in [0.4, 0.5) is 4.39 Å². The number of methoxy groups -OCH3 is 1. The molecule has 0 atom stereocenters. The number of hydrogen-bond donors (Lipinski definition) is 1. The van der Waals surface area contributed by atoms with E-state index >= 15 is 0 Å². The van der Waals surface area contributed by atoms with Crippen molar-refractivity contribution in [3.8, 4) is 5.75 Å². The third kappa shape index (κ3) is 2.26. The molecule has 5 heteroatoms. The van der Waals surface area contributed by atoms with Gasteiger partial charge in [-0.05, 0) is 31.4 Å². The van der Waals surface area contributed by atoms with Crippen LogP contribution in [0.1, 0.15) is 43.2 Å². The molecular weight excluding hydrogens is 283 g/mol. The van der Waals surface area contributed by atoms with Crippen LogP contribution in [-0.4, -0.2) is 18.2 Å². The molecule has 1 aliphatic rings. The van der Waals surface area contributed by atoms with Crippen molar-refractivity contribution in [3.63, 3.8) is 0 Å². The Morgan fingerprint density at radius 1 is 1.40 bits per heavy atom. The van der Waals surface area contributed by atoms with Gasteiger partial charge in [0, 0.05) is 10.6 Å². The molecule has 1 aliphatic carbocycles. The van der Waals surface area contributed by atoms with Gasteiger partial charge in [-0.2, -0.15) is 0 Å². The molecule has 1 aromatic carbocycles. The molecule has 110 valence electrons. The summed E-state index contributed by atoms with van der Waals surface area (Å²) in [5, 5.41) is 9.99. The van der Waals surface area contributed by atoms with E-state index in [1.807, 2.05) is 0 Å². The summed E-state index contributed by atoms with van der Waals surface area (Å²) in [6.45, 7) is 1.72. The second-order valence-electron chi connectivity index (χ2n) is 5.32. The van der Waals surface area contributed by atoms with Crippen molar-refractivity contribution >= 4 is 17.6 Å². The molecule has 0 unspecified atom stereocenters. The normalized spacial score (nSPS) is 17.8. The minimum absolute atomic E-state index is 0.0104. The van der Waals surface area contributed by atoms with E-state index in [1.54, 1.807) is 6.92 Å². The lowest BCUT2D eigenvalue weighted by molar-refractivity contribution is -0.145. The van der Waals surface area contributed by atoms with Crippen LogP contribution < -0.4 is 4.74 Å². The molecule has 0 bridgehead atoms. The standard InChI is InChI=1S/C15H18ClFO3/c1-9-10(16)8-11(17)13(20-2)12(9)15(14(18)19)6-4-3-5-7-15/h8H,3-7H2,1-2H3,(H,18,19). The van der Waals surface area contributed by atoms with Crippen LogP contribution in [0.25, 0.3) is 0 Å². The third-order valence-electron chi connectivity index (χ3n) is 4.23. The predicted molar refractivity (Wildman–Crippen MR) is 75.1 cm³/mol. The molecule has 3 nitrogen and oxygen atoms in total. The summed E-state index contributed by atoms with van der Waals surface area (Å²) in [6, 6.07) is 1.18. The number of rotatable bonds is 3. The number of benzene rings is 1. The fraction of sp³-hybridized carbons (Fsp3) is 0.533. The van der Waals surface area contributed by atoms with Gasteiger partial charge in [0.25, 0.3) is 0 Å². The van der Waals surface area contributed by atoms with Crippen molar-refractivity contribution in [3.05, 3.63) is 28.0 Å². The molecule has 0 amide bonds. The highest BCUT2D eigenvalue weighted by Crippen LogP contribution is 2.47. The van der Waals surface area contributed by atoms with Gasteiger partial charge in [-0.15, -0.1) is 0 Å². The van der Waals surface area contributed by atoms with E-state index in [4.69, 9.17) is 16.3 Å². The first kappa shape index (κ1) is 15.1. The largest absolute Gasteiger partial charge is 0.493 e. The summed E-state index contributed by atoms with van der Waals surface area (Å²) in [4.78, 5) is 11.9. The van der Waals surface area contributed by atoms with E-state index in [2.05, 4.69) is 0 Å². The van der Waals surface area contributed by atoms with Gasteiger partial charge in [-0.3, -0.25) is 4.79 Å². The fourth-order valence-corrected chi connectivity index (χ4v) is 3.39. The summed E-state index contributed by atoms with van der Waals surface area (Å²) in [5.74, 6) is -1.53. The monoisotopic (exact) mass is 300 g/mol. The minimum atomic E-state index is -1.10. The van der Waals surface area contributed by atoms with Gasteiger partial charge >= 0.3 is 5.97 Å². The summed E-state index contributed by atoms with van der Waals surface area (Å²) >= 11 is 6.05. The number of carboxylic acids is 1. The smallest absolute Gasteiger partial charge is 0.314 e. The molecule has 2 rings (SSSR count). The molecule has 1 aromatic rings. The predicted octanol–water partition coefficient (Wildman–Crippen LogP) is 4.08. The average Bonchev–Trinajstić information content (AvgIpc) is 2.43. The zero-order chi connectivity index (χ0) is 14.9. The second-order valence-corrected chi connectivity index (χ2v) is 5.73. The molecule has 0 aliphatic heterocycles. The second kappa shape index (κ2) is 5.60. The lowest BCUT2D eigenvalue weighted by Gasteiger charge is -2.36. The maximum atomic E-state index is 14.1. The van der Waals surface area contributed by atoms with Gasteiger partial charge in [0.15, 0.2) is 11.6 Å². The Bertz CT molecular complexity index is 536. The lowest BCUT2D eigenvalue weighted by atomic mass is 9.68. The van der Waals surface area contributed by atoms with Gasteiger partial charge in [-0.25, -0.2) is 4.39 Å². The molecule has 0 heterocycles. The first-order chi connectivity index (χ1) is 9.44. The highest BCUT2D eigenvalue weighted by atomic mass is 35.5. The van der Waals surface area contributed by atoms with E-state index < -0.39 is 17.2 Å². The molecule has 0 saturated heterocycles. The average molecular weight is 301 g/mol. The molecule has 0 spiro atoms. The van der Waals surface area contributed by atoms with Crippen molar-refractivity contribution < 1.29 is 19.0 Å². The number of halogens is 2. The van der Waals surface area contributed by atoms with Crippen LogP contribution in [-0.2, 0) is 10.2 Å². The third-order valence-corrected chi connectivity index (χ3v) is 4.62. The molecule has 1 N–H and O–H groups in total. The van der Waals surface area contributed by atoms with Crippen LogP contribution in [0, 0.1) is 12.7 Å². The summed E-state index contributed by atoms with van der Waals surface area (Å²) < 4.78 is 19.2. The van der Waals surface area contributed by atoms with Gasteiger partial charge in [0.05, 0.1) is 12.5 Å². The van der Waals surface area contributed by atoms with Crippen LogP contribution in [0.15, 0.2) is 6.07 Å². The van der Waals surface area contributed by atoms with Crippen molar-refractivity contribution in [1.29, 1.82) is 0 Å². The molecule has 0 radical (unpaired) electrons. The van der Waals surface area contributed by atoms with E-state index in [-0.39, 0.29) is 10.8 Å². The van der Waals surface area contributed by atoms with Crippen molar-refractivity contribution in [2.75, 3.05) is 7.11 Å². The number of carboxylic acid groups (broad SMARTS) is 1. The zero-order valence-corrected chi connectivity index (χ0v) is 12.4. The van der Waals surface area contributed by atoms with E-state index in [0.717, 1.165) is 19.3 Å². The molecule has 1 saturated carbocycles. The summed E-state index contributed by atoms with van der Waals surface area (Å²) in [7, 11) is 1.35. The maximum absolute atomic E-state index is 14.1. The minimum Gasteiger partial charge on any atom is -0.493 e. The van der Waals surface area contributed by atoms with E-state index in [1.165, 1.54) is 13.2 Å². The fourth-order valence-electron chi connectivity index (χ4n) is 3.20. The maximum Gasteiger partial charge on any atom is 0.314 e. The Morgan fingerprint density at radius 3 is 2.50 bits per heavy atom. The lowest BCUT2D eigenvalue weighted by Crippen LogP contribution is -2.39. The van der Waals surface area contributed by atoms with E-state index in [0.29, 0.717) is 24.0 Å². The Kier molecular flexibility index (Phi) is 4.23. The highest BCUT2D eigenvalue weighted by Gasteiger charge is 2.45. The van der Waals surface area contributed by atoms with Crippen LogP contribution in [0.5, 0.6) is 5.75 Å². The number of ether oxygens (including phenoxy) is 1. The first-order valence-electron chi connectivity index (χ1n) is 6.70. The first-order valence-corrected chi connectivity index (χ1v) is 7.08. The van der Waals surface area contributed by atoms with Crippen molar-refractivity contribution in [2.45, 2.75) is 44.4 Å². The van der Waals surface area contributed by atoms with Gasteiger partial charge < -0.3 is 9.84 Å². The summed E-state index contributed by atoms with van der Waals surface area (Å²) in [5.41, 5.74) is -0.106. The highest BCUT2D eigenvalue weighted by molar-refractivity contribution is 6.31. The van der Waals surface area contributed by atoms with Crippen molar-refractivity contribution in [2.24, 2.45) is 0 Å². The Hall–Kier alpha value is -1.29. The zero-order valence-electron chi connectivity index (χ0n) is 11.6. The molecule has 20 heavy (non-hydrogen) atoms. The number of aliphatic carboxylic acids is 1. The van der Waals surface area contributed by atoms with Gasteiger partial charge in [0.1, 0.15) is 0 Å². The van der Waals surface area contributed by atoms with Crippen LogP contribution in [0.3, 0.4) is 0 Å². The van der Waals surface area contributed by atoms with Crippen LogP contribution in [0.2, 0.25) is 5.02 Å². The van der Waals surface area contributed by atoms with Crippen molar-refractivity contribution in [1.82, 2.24) is 0 Å². The Labute approximate surface area is 122 Å².